The molecule has 0 aromatic heterocycles. The van der Waals surface area contributed by atoms with Crippen LogP contribution in [-0.4, -0.2) is 237 Å². The molecule has 0 aliphatic carbocycles. The number of benzene rings is 10. The number of hydrogen-bond acceptors (Lipinski definition) is 22. The Morgan fingerprint density at radius 3 is 1.09 bits per heavy atom. The van der Waals surface area contributed by atoms with Crippen LogP contribution in [0.5, 0.6) is 34.5 Å². The number of imide groups is 3. The average molecular weight is 1770 g/mol. The molecule has 10 aromatic rings. The third-order valence-corrected chi connectivity index (χ3v) is 26.3. The zero-order valence-electron chi connectivity index (χ0n) is 74.7. The highest BCUT2D eigenvalue weighted by atomic mass is 32.2. The van der Waals surface area contributed by atoms with E-state index >= 15 is 0 Å². The lowest BCUT2D eigenvalue weighted by Crippen LogP contribution is -2.46. The van der Waals surface area contributed by atoms with Crippen molar-refractivity contribution in [3.63, 3.8) is 0 Å². The molecule has 3 N–H and O–H groups in total. The molecular weight excluding hydrogens is 1650 g/mol. The van der Waals surface area contributed by atoms with Crippen molar-refractivity contribution in [3.8, 4) is 34.5 Å². The molecule has 0 bridgehead atoms. The summed E-state index contributed by atoms with van der Waals surface area (Å²) < 4.78 is 67.6. The summed E-state index contributed by atoms with van der Waals surface area (Å²) >= 11 is 0. The van der Waals surface area contributed by atoms with Gasteiger partial charge in [-0.05, 0) is 194 Å². The Hall–Kier alpha value is -12.8. The van der Waals surface area contributed by atoms with Gasteiger partial charge in [0.25, 0.3) is 35.4 Å². The lowest BCUT2D eigenvalue weighted by atomic mass is 9.86. The van der Waals surface area contributed by atoms with Crippen LogP contribution in [0, 0.1) is 5.92 Å². The summed E-state index contributed by atoms with van der Waals surface area (Å²) in [6.07, 6.45) is 2.75. The van der Waals surface area contributed by atoms with E-state index in [2.05, 4.69) is 103 Å². The summed E-state index contributed by atoms with van der Waals surface area (Å²) in [5, 5.41) is 3.50. The van der Waals surface area contributed by atoms with Gasteiger partial charge in [0.1, 0.15) is 0 Å². The second-order valence-corrected chi connectivity index (χ2v) is 34.2. The van der Waals surface area contributed by atoms with Crippen LogP contribution in [0.4, 0.5) is 28.4 Å². The van der Waals surface area contributed by atoms with Crippen LogP contribution in [0.3, 0.4) is 0 Å². The van der Waals surface area contributed by atoms with Gasteiger partial charge in [0, 0.05) is 97.3 Å². The average Bonchev–Trinajstić information content (AvgIpc) is 1.60. The van der Waals surface area contributed by atoms with Crippen LogP contribution in [0.2, 0.25) is 0 Å². The van der Waals surface area contributed by atoms with Gasteiger partial charge in [-0.2, -0.15) is 8.42 Å². The van der Waals surface area contributed by atoms with E-state index < -0.39 is 40.2 Å². The highest BCUT2D eigenvalue weighted by Gasteiger charge is 2.48. The number of fused-ring (bicyclic) bond motifs is 3. The van der Waals surface area contributed by atoms with Crippen molar-refractivity contribution in [2.45, 2.75) is 71.2 Å². The Morgan fingerprint density at radius 1 is 0.349 bits per heavy atom. The fourth-order valence-corrected chi connectivity index (χ4v) is 19.3. The molecule has 6 amide bonds. The summed E-state index contributed by atoms with van der Waals surface area (Å²) in [5.41, 5.74) is 11.9. The molecule has 7 aliphatic rings. The Morgan fingerprint density at radius 2 is 0.698 bits per heavy atom. The second-order valence-electron chi connectivity index (χ2n) is 33.1. The molecule has 3 unspecified atom stereocenters. The first-order valence-electron chi connectivity index (χ1n) is 44.3. The number of methoxy groups -OCH3 is 6. The summed E-state index contributed by atoms with van der Waals surface area (Å²) in [4.78, 5) is 106. The van der Waals surface area contributed by atoms with Crippen molar-refractivity contribution in [2.24, 2.45) is 5.92 Å². The molecule has 10 aromatic carbocycles. The number of ether oxygens (including phenoxy) is 6. The van der Waals surface area contributed by atoms with Crippen LogP contribution in [0.1, 0.15) is 159 Å². The van der Waals surface area contributed by atoms with Crippen molar-refractivity contribution in [1.29, 1.82) is 0 Å². The monoisotopic (exact) mass is 1770 g/mol. The number of amides is 6. The molecule has 7 aliphatic heterocycles. The van der Waals surface area contributed by atoms with Crippen LogP contribution in [0.15, 0.2) is 218 Å². The van der Waals surface area contributed by atoms with Crippen molar-refractivity contribution < 1.29 is 70.2 Å². The summed E-state index contributed by atoms with van der Waals surface area (Å²) in [6, 6.07) is 65.9. The molecule has 7 heterocycles. The highest BCUT2D eigenvalue weighted by molar-refractivity contribution is 7.87. The van der Waals surface area contributed by atoms with Gasteiger partial charge in [0.05, 0.1) is 117 Å². The molecule has 0 radical (unpaired) electrons. The number of likely N-dealkylation sites (tertiary alicyclic amines) is 1. The van der Waals surface area contributed by atoms with E-state index in [0.29, 0.717) is 104 Å². The molecule has 17 rings (SSSR count). The molecule has 0 spiro atoms. The lowest BCUT2D eigenvalue weighted by Gasteiger charge is -2.36. The van der Waals surface area contributed by atoms with Crippen molar-refractivity contribution in [2.75, 3.05) is 179 Å². The Labute approximate surface area is 755 Å². The smallest absolute Gasteiger partial charge is 0.357 e. The van der Waals surface area contributed by atoms with E-state index in [-0.39, 0.29) is 29.3 Å². The molecule has 3 atom stereocenters. The molecule has 28 heteroatoms. The minimum atomic E-state index is -4.56. The van der Waals surface area contributed by atoms with Gasteiger partial charge in [-0.25, -0.2) is 0 Å². The zero-order chi connectivity index (χ0) is 90.6. The zero-order valence-corrected chi connectivity index (χ0v) is 75.5. The van der Waals surface area contributed by atoms with Crippen molar-refractivity contribution >= 4 is 74.2 Å². The van der Waals surface area contributed by atoms with Gasteiger partial charge >= 0.3 is 10.3 Å². The minimum Gasteiger partial charge on any atom is -0.493 e. The number of nitrogens with zero attached hydrogens (tertiary/aromatic N) is 10. The maximum atomic E-state index is 14.4. The van der Waals surface area contributed by atoms with Gasteiger partial charge in [-0.1, -0.05) is 142 Å². The summed E-state index contributed by atoms with van der Waals surface area (Å²) in [5.74, 6) is 1.65. The van der Waals surface area contributed by atoms with Gasteiger partial charge in [-0.3, -0.25) is 57.6 Å². The van der Waals surface area contributed by atoms with Crippen molar-refractivity contribution in [1.82, 2.24) is 34.3 Å². The van der Waals surface area contributed by atoms with E-state index in [1.54, 1.807) is 77.0 Å². The Bertz CT molecular complexity index is 5820. The Kier molecular flexibility index (Phi) is 29.0. The molecule has 674 valence electrons. The van der Waals surface area contributed by atoms with E-state index in [9.17, 15) is 41.7 Å². The quantitative estimate of drug-likeness (QED) is 0.0290. The van der Waals surface area contributed by atoms with E-state index in [0.717, 1.165) is 170 Å². The Balaban J connectivity index is 0.000000149. The van der Waals surface area contributed by atoms with Crippen LogP contribution >= 0.6 is 0 Å². The number of carbonyl (C=O) groups is 6. The summed E-state index contributed by atoms with van der Waals surface area (Å²) in [7, 11) is 4.84. The molecule has 4 fully saturated rings. The summed E-state index contributed by atoms with van der Waals surface area (Å²) in [6.45, 7) is 23.2. The van der Waals surface area contributed by atoms with Gasteiger partial charge < -0.3 is 63.1 Å². The molecule has 129 heavy (non-hydrogen) atoms. The number of carbonyl (C=O) groups excluding carboxylic acids is 6. The van der Waals surface area contributed by atoms with Crippen LogP contribution in [-0.2, 0) is 23.4 Å². The third-order valence-electron chi connectivity index (χ3n) is 25.8. The topological polar surface area (TPSA) is 269 Å². The van der Waals surface area contributed by atoms with Crippen LogP contribution in [0.25, 0.3) is 0 Å². The van der Waals surface area contributed by atoms with Gasteiger partial charge in [-0.15, -0.1) is 0 Å². The number of piperazine rings is 3. The highest BCUT2D eigenvalue weighted by Crippen LogP contribution is 2.47. The molecule has 0 saturated carbocycles. The standard InChI is InChI=1S/C36H38N4O4.C36H44N4O4.C29H32N4O7S/c1-4-38-18-20-39(21-19-38)30-15-9-14-29-33(30)36(42)40(35(29)41)34(27-16-17-31(43-2)32(23-27)44-3)26-12-8-13-28(22-26)37-24-25-10-6-5-7-11-25;1-4-37-19-21-39(22-20-37)30-12-8-11-29-34(30)36(42)40(35(29)41)31(28-13-14-32(43-2)33(24-28)44-3)23-26-15-17-38(18-16-26)25-27-9-6-5-7-10-27;1-4-31-13-15-32(16-14-31)23-10-6-9-22-26(23)29(35)33(28(22)34)27(20-11-12-24(39-2)25(18-20)40-3)19-7-5-8-21(17-19)30-41(36,37)38/h5-17,22-23,34,37H,4,18-21,24H2,1-3H3;5-14,24,26,31H,4,15-23,25H2,1-3H3;5-12,17-18,27,30H,4,13-16H2,1-3H3,(H,36,37,38). The normalized spacial score (nSPS) is 17.0. The third kappa shape index (κ3) is 19.9. The minimum absolute atomic E-state index is 0.0709. The van der Waals surface area contributed by atoms with Gasteiger partial charge in [0.2, 0.25) is 0 Å². The number of hydrogen-bond donors (Lipinski definition) is 3. The van der Waals surface area contributed by atoms with E-state index in [1.165, 1.54) is 46.6 Å². The fourth-order valence-electron chi connectivity index (χ4n) is 18.9. The largest absolute Gasteiger partial charge is 0.493 e. The molecular formula is C101H114N12O15S. The number of rotatable bonds is 29. The number of nitrogens with one attached hydrogen (secondary N) is 2. The van der Waals surface area contributed by atoms with E-state index in [4.69, 9.17) is 28.4 Å². The van der Waals surface area contributed by atoms with E-state index in [1.807, 2.05) is 120 Å². The number of anilines is 5. The predicted octanol–water partition coefficient (Wildman–Crippen LogP) is 14.8. The first-order valence-corrected chi connectivity index (χ1v) is 45.7. The maximum absolute atomic E-state index is 14.4. The second kappa shape index (κ2) is 41.1. The van der Waals surface area contributed by atoms with Crippen LogP contribution < -0.4 is 53.2 Å². The predicted molar refractivity (Wildman–Crippen MR) is 500 cm³/mol. The maximum Gasteiger partial charge on any atom is 0.357 e. The number of piperidine rings is 1. The number of likely N-dealkylation sites (N-methyl/N-ethyl adjacent to an activating group) is 3. The van der Waals surface area contributed by atoms with Crippen molar-refractivity contribution in [3.05, 3.63) is 291 Å². The SMILES string of the molecule is CCN1CCN(c2cccc3c2C(=O)N(C(CC2CCN(Cc4ccccc4)CC2)c2ccc(OC)c(OC)c2)C3=O)CC1.CCN1CCN(c2cccc3c2C(=O)N(C(c2cccc(NCc4ccccc4)c2)c2ccc(OC)c(OC)c2)C3=O)CC1.CCN1CCN(c2cccc3c2C(=O)N(C(c2cccc(NS(=O)(=O)O)c2)c2ccc(OC)c(OC)c2)C3=O)CC1. The first kappa shape index (κ1) is 90.9. The fraction of sp³-hybridized carbons (Fsp3) is 0.347. The lowest BCUT2D eigenvalue weighted by molar-refractivity contribution is 0.0534. The molecule has 4 saturated heterocycles. The first-order chi connectivity index (χ1) is 62.7. The van der Waals surface area contributed by atoms with Gasteiger partial charge in [0.15, 0.2) is 34.5 Å². The molecule has 27 nitrogen and oxygen atoms in total.